The minimum Gasteiger partial charge on any atom is -0.474 e. The molecule has 2 aromatic rings. The maximum absolute atomic E-state index is 11.8. The first-order valence-electron chi connectivity index (χ1n) is 7.37. The lowest BCUT2D eigenvalue weighted by Crippen LogP contribution is -2.29. The van der Waals surface area contributed by atoms with Gasteiger partial charge in [0.05, 0.1) is 23.6 Å². The molecule has 1 N–H and O–H groups in total. The summed E-state index contributed by atoms with van der Waals surface area (Å²) in [6.07, 6.45) is 2.23. The highest BCUT2D eigenvalue weighted by Crippen LogP contribution is 2.33. The van der Waals surface area contributed by atoms with E-state index in [1.807, 2.05) is 18.6 Å². The van der Waals surface area contributed by atoms with Crippen LogP contribution in [0.1, 0.15) is 24.2 Å². The van der Waals surface area contributed by atoms with Crippen molar-refractivity contribution in [2.75, 3.05) is 6.26 Å². The first-order valence-corrected chi connectivity index (χ1v) is 10.0. The monoisotopic (exact) mass is 418 g/mol. The highest BCUT2D eigenvalue weighted by molar-refractivity contribution is 7.89. The minimum absolute atomic E-state index is 0.0737. The number of amides is 1. The average Bonchev–Trinajstić information content (AvgIpc) is 2.50. The molecule has 0 unspecified atom stereocenters. The number of aromatic nitrogens is 1. The molecule has 0 saturated carbocycles. The first kappa shape index (κ1) is 20.3. The standard InChI is InChI=1S/C16H16Cl2N2O5S/c1-9(2)24-16-13(18)7-11(8-19-16)25-14-5-4-10(6-12(14)17)15(21)20-26(3,22)23/h4-9H,1-3H3,(H,20,21). The molecule has 0 fully saturated rings. The number of sulfonamides is 1. The second-order valence-electron chi connectivity index (χ2n) is 5.58. The molecule has 140 valence electrons. The van der Waals surface area contributed by atoms with E-state index in [4.69, 9.17) is 32.7 Å². The Morgan fingerprint density at radius 2 is 1.88 bits per heavy atom. The number of hydrogen-bond donors (Lipinski definition) is 1. The molecule has 0 saturated heterocycles. The molecule has 0 aliphatic rings. The van der Waals surface area contributed by atoms with Crippen LogP contribution in [-0.4, -0.2) is 31.7 Å². The molecular formula is C16H16Cl2N2O5S. The quantitative estimate of drug-likeness (QED) is 0.768. The van der Waals surface area contributed by atoms with Crippen molar-refractivity contribution in [3.05, 3.63) is 46.1 Å². The molecule has 0 aliphatic carbocycles. The number of ether oxygens (including phenoxy) is 2. The van der Waals surface area contributed by atoms with Gasteiger partial charge < -0.3 is 9.47 Å². The van der Waals surface area contributed by atoms with E-state index in [0.29, 0.717) is 5.75 Å². The van der Waals surface area contributed by atoms with Crippen LogP contribution >= 0.6 is 23.2 Å². The van der Waals surface area contributed by atoms with E-state index in [2.05, 4.69) is 4.98 Å². The fraction of sp³-hybridized carbons (Fsp3) is 0.250. The molecule has 7 nitrogen and oxygen atoms in total. The van der Waals surface area contributed by atoms with Gasteiger partial charge in [0.15, 0.2) is 0 Å². The summed E-state index contributed by atoms with van der Waals surface area (Å²) in [5, 5.41) is 0.390. The number of halogens is 2. The number of pyridine rings is 1. The van der Waals surface area contributed by atoms with Gasteiger partial charge >= 0.3 is 0 Å². The van der Waals surface area contributed by atoms with Gasteiger partial charge in [-0.15, -0.1) is 0 Å². The van der Waals surface area contributed by atoms with Crippen LogP contribution < -0.4 is 14.2 Å². The van der Waals surface area contributed by atoms with Crippen molar-refractivity contribution in [1.82, 2.24) is 9.71 Å². The zero-order valence-corrected chi connectivity index (χ0v) is 16.4. The highest BCUT2D eigenvalue weighted by Gasteiger charge is 2.14. The Morgan fingerprint density at radius 3 is 2.42 bits per heavy atom. The highest BCUT2D eigenvalue weighted by atomic mass is 35.5. The van der Waals surface area contributed by atoms with Crippen molar-refractivity contribution in [1.29, 1.82) is 0 Å². The minimum atomic E-state index is -3.67. The van der Waals surface area contributed by atoms with Crippen molar-refractivity contribution in [3.63, 3.8) is 0 Å². The van der Waals surface area contributed by atoms with E-state index in [1.165, 1.54) is 30.5 Å². The predicted octanol–water partition coefficient (Wildman–Crippen LogP) is 3.66. The molecule has 1 heterocycles. The molecule has 0 spiro atoms. The van der Waals surface area contributed by atoms with Gasteiger partial charge in [-0.05, 0) is 32.0 Å². The number of rotatable bonds is 6. The summed E-state index contributed by atoms with van der Waals surface area (Å²) in [5.74, 6) is 0.0630. The summed E-state index contributed by atoms with van der Waals surface area (Å²) in [6.45, 7) is 3.70. The Labute approximate surface area is 161 Å². The zero-order chi connectivity index (χ0) is 19.5. The van der Waals surface area contributed by atoms with Crippen molar-refractivity contribution in [2.45, 2.75) is 20.0 Å². The van der Waals surface area contributed by atoms with E-state index >= 15 is 0 Å². The third kappa shape index (κ3) is 5.76. The number of carbonyl (C=O) groups is 1. The van der Waals surface area contributed by atoms with Crippen LogP contribution in [0.25, 0.3) is 0 Å². The second-order valence-corrected chi connectivity index (χ2v) is 8.14. The summed E-state index contributed by atoms with van der Waals surface area (Å²) >= 11 is 12.2. The molecule has 26 heavy (non-hydrogen) atoms. The number of nitrogens with zero attached hydrogens (tertiary/aromatic N) is 1. The van der Waals surface area contributed by atoms with E-state index in [-0.39, 0.29) is 33.3 Å². The summed E-state index contributed by atoms with van der Waals surface area (Å²) in [5.41, 5.74) is 0.0737. The maximum Gasteiger partial charge on any atom is 0.264 e. The van der Waals surface area contributed by atoms with E-state index < -0.39 is 15.9 Å². The van der Waals surface area contributed by atoms with Crippen LogP contribution in [0.5, 0.6) is 17.4 Å². The van der Waals surface area contributed by atoms with Gasteiger partial charge in [0.1, 0.15) is 16.5 Å². The van der Waals surface area contributed by atoms with Gasteiger partial charge in [-0.25, -0.2) is 18.1 Å². The number of benzene rings is 1. The molecule has 1 aromatic heterocycles. The van der Waals surface area contributed by atoms with Gasteiger partial charge in [-0.3, -0.25) is 4.79 Å². The third-order valence-electron chi connectivity index (χ3n) is 2.83. The molecule has 0 aliphatic heterocycles. The number of carbonyl (C=O) groups excluding carboxylic acids is 1. The van der Waals surface area contributed by atoms with Crippen LogP contribution in [0.15, 0.2) is 30.5 Å². The van der Waals surface area contributed by atoms with Gasteiger partial charge in [0.2, 0.25) is 15.9 Å². The molecular weight excluding hydrogens is 403 g/mol. The van der Waals surface area contributed by atoms with E-state index in [1.54, 1.807) is 0 Å². The summed E-state index contributed by atoms with van der Waals surface area (Å²) in [6, 6.07) is 5.63. The molecule has 1 aromatic carbocycles. The fourth-order valence-corrected chi connectivity index (χ4v) is 2.73. The van der Waals surface area contributed by atoms with Crippen LogP contribution in [0.2, 0.25) is 10.0 Å². The van der Waals surface area contributed by atoms with Gasteiger partial charge in [-0.2, -0.15) is 0 Å². The molecule has 0 bridgehead atoms. The van der Waals surface area contributed by atoms with Gasteiger partial charge in [0, 0.05) is 11.6 Å². The average molecular weight is 419 g/mol. The predicted molar refractivity (Wildman–Crippen MR) is 98.8 cm³/mol. The van der Waals surface area contributed by atoms with Crippen LogP contribution in [0, 0.1) is 0 Å². The topological polar surface area (TPSA) is 94.6 Å². The normalized spacial score (nSPS) is 11.3. The first-order chi connectivity index (χ1) is 12.0. The lowest BCUT2D eigenvalue weighted by Gasteiger charge is -2.12. The van der Waals surface area contributed by atoms with Crippen LogP contribution in [0.3, 0.4) is 0 Å². The Morgan fingerprint density at radius 1 is 1.19 bits per heavy atom. The zero-order valence-electron chi connectivity index (χ0n) is 14.1. The second kappa shape index (κ2) is 8.11. The number of nitrogens with one attached hydrogen (secondary N) is 1. The Bertz CT molecular complexity index is 932. The van der Waals surface area contributed by atoms with E-state index in [9.17, 15) is 13.2 Å². The molecule has 0 atom stereocenters. The summed E-state index contributed by atoms with van der Waals surface area (Å²) in [7, 11) is -3.67. The number of hydrogen-bond acceptors (Lipinski definition) is 6. The summed E-state index contributed by atoms with van der Waals surface area (Å²) < 4.78 is 35.1. The van der Waals surface area contributed by atoms with Gasteiger partial charge in [-0.1, -0.05) is 23.2 Å². The van der Waals surface area contributed by atoms with Crippen LogP contribution in [-0.2, 0) is 10.0 Å². The molecule has 1 amide bonds. The van der Waals surface area contributed by atoms with Crippen molar-refractivity contribution >= 4 is 39.1 Å². The van der Waals surface area contributed by atoms with Crippen molar-refractivity contribution in [2.24, 2.45) is 0 Å². The Balaban J connectivity index is 2.18. The molecule has 10 heteroatoms. The van der Waals surface area contributed by atoms with E-state index in [0.717, 1.165) is 6.26 Å². The molecule has 2 rings (SSSR count). The van der Waals surface area contributed by atoms with Crippen molar-refractivity contribution < 1.29 is 22.7 Å². The summed E-state index contributed by atoms with van der Waals surface area (Å²) in [4.78, 5) is 15.9. The fourth-order valence-electron chi connectivity index (χ4n) is 1.85. The third-order valence-corrected chi connectivity index (χ3v) is 3.95. The van der Waals surface area contributed by atoms with Crippen molar-refractivity contribution in [3.8, 4) is 17.4 Å². The molecule has 0 radical (unpaired) electrons. The lowest BCUT2D eigenvalue weighted by atomic mass is 10.2. The van der Waals surface area contributed by atoms with Crippen LogP contribution in [0.4, 0.5) is 0 Å². The largest absolute Gasteiger partial charge is 0.474 e. The SMILES string of the molecule is CC(C)Oc1ncc(Oc2ccc(C(=O)NS(C)(=O)=O)cc2Cl)cc1Cl. The lowest BCUT2D eigenvalue weighted by molar-refractivity contribution is 0.0981. The smallest absolute Gasteiger partial charge is 0.264 e. The van der Waals surface area contributed by atoms with Gasteiger partial charge in [0.25, 0.3) is 5.91 Å². The maximum atomic E-state index is 11.8. The Hall–Kier alpha value is -2.03. The Kier molecular flexibility index (Phi) is 6.33.